The molecule has 39 heavy (non-hydrogen) atoms. The number of hydrogen-bond acceptors (Lipinski definition) is 9. The maximum Gasteiger partial charge on any atom is 0.238 e. The molecule has 4 rings (SSSR count). The second-order valence-corrected chi connectivity index (χ2v) is 11.3. The van der Waals surface area contributed by atoms with Gasteiger partial charge in [0.15, 0.2) is 17.5 Å². The second-order valence-electron chi connectivity index (χ2n) is 10.1. The topological polar surface area (TPSA) is 141 Å². The van der Waals surface area contributed by atoms with Gasteiger partial charge in [-0.25, -0.2) is 17.9 Å². The summed E-state index contributed by atoms with van der Waals surface area (Å²) in [5.74, 6) is -4.81. The number of carbonyl (C=O) groups is 1. The van der Waals surface area contributed by atoms with E-state index in [-0.39, 0.29) is 17.2 Å². The van der Waals surface area contributed by atoms with E-state index in [1.807, 2.05) is 0 Å². The molecule has 1 aromatic heterocycles. The Kier molecular flexibility index (Phi) is 9.23. The summed E-state index contributed by atoms with van der Waals surface area (Å²) in [5, 5.41) is 50.4. The molecule has 2 aromatic rings. The number of rotatable bonds is 8. The molecule has 1 saturated heterocycles. The number of aliphatic hydroxyl groups is 4. The van der Waals surface area contributed by atoms with Crippen molar-refractivity contribution in [3.63, 3.8) is 0 Å². The van der Waals surface area contributed by atoms with E-state index < -0.39 is 64.7 Å². The van der Waals surface area contributed by atoms with Crippen LogP contribution < -0.4 is 0 Å². The summed E-state index contributed by atoms with van der Waals surface area (Å²) in [6.07, 6.45) is 0.221. The molecule has 1 unspecified atom stereocenters. The molecule has 1 aromatic carbocycles. The van der Waals surface area contributed by atoms with Crippen LogP contribution in [0.1, 0.15) is 45.1 Å². The quantitative estimate of drug-likeness (QED) is 0.346. The molecule has 14 heteroatoms. The van der Waals surface area contributed by atoms with E-state index in [1.165, 1.54) is 11.1 Å². The molecule has 1 aliphatic heterocycles. The standard InChI is InChI=1S/C25H33F3N4O6S/c1-3-31(2)23(36)22(25(37)7-5-4-6-8-25)39-24-21(35)19(20(34)17(12-33)38-24)32-11-16(29-30-32)13-9-14(26)18(28)15(27)10-13/h9-11,17,19-22,24,33-35,37H,3-8,12H2,1-2H3/t17-,19+,20+,21-,22?,24+/m1/s1. The number of benzene rings is 1. The highest BCUT2D eigenvalue weighted by molar-refractivity contribution is 8.01. The molecule has 216 valence electrons. The molecule has 2 fully saturated rings. The van der Waals surface area contributed by atoms with Crippen molar-refractivity contribution in [3.05, 3.63) is 35.8 Å². The minimum atomic E-state index is -1.63. The van der Waals surface area contributed by atoms with Gasteiger partial charge in [-0.2, -0.15) is 0 Å². The normalized spacial score (nSPS) is 27.8. The van der Waals surface area contributed by atoms with Gasteiger partial charge in [0.2, 0.25) is 5.91 Å². The molecule has 4 N–H and O–H groups in total. The van der Waals surface area contributed by atoms with E-state index in [4.69, 9.17) is 4.74 Å². The van der Waals surface area contributed by atoms with Crippen molar-refractivity contribution < 1.29 is 43.1 Å². The van der Waals surface area contributed by atoms with Gasteiger partial charge >= 0.3 is 0 Å². The van der Waals surface area contributed by atoms with Crippen LogP contribution in [-0.4, -0.2) is 101 Å². The first kappa shape index (κ1) is 29.7. The highest BCUT2D eigenvalue weighted by atomic mass is 32.2. The number of amides is 1. The number of carbonyl (C=O) groups excluding carboxylic acids is 1. The van der Waals surface area contributed by atoms with Crippen LogP contribution in [0.5, 0.6) is 0 Å². The number of nitrogens with zero attached hydrogens (tertiary/aromatic N) is 4. The zero-order valence-corrected chi connectivity index (χ0v) is 22.4. The van der Waals surface area contributed by atoms with Gasteiger partial charge in [0.05, 0.1) is 18.4 Å². The largest absolute Gasteiger partial charge is 0.394 e. The van der Waals surface area contributed by atoms with Gasteiger partial charge in [0.25, 0.3) is 0 Å². The van der Waals surface area contributed by atoms with Crippen molar-refractivity contribution in [3.8, 4) is 11.3 Å². The zero-order chi connectivity index (χ0) is 28.5. The number of halogens is 3. The van der Waals surface area contributed by atoms with E-state index in [2.05, 4.69) is 10.3 Å². The van der Waals surface area contributed by atoms with Gasteiger partial charge in [0, 0.05) is 19.2 Å². The number of hydrogen-bond donors (Lipinski definition) is 4. The van der Waals surface area contributed by atoms with E-state index in [0.717, 1.165) is 47.8 Å². The highest BCUT2D eigenvalue weighted by Crippen LogP contribution is 2.43. The van der Waals surface area contributed by atoms with Gasteiger partial charge < -0.3 is 30.1 Å². The lowest BCUT2D eigenvalue weighted by Gasteiger charge is -2.45. The smallest absolute Gasteiger partial charge is 0.238 e. The Morgan fingerprint density at radius 3 is 2.44 bits per heavy atom. The third kappa shape index (κ3) is 5.95. The summed E-state index contributed by atoms with van der Waals surface area (Å²) in [6.45, 7) is 1.56. The molecular formula is C25H33F3N4O6S. The van der Waals surface area contributed by atoms with Crippen LogP contribution in [0.3, 0.4) is 0 Å². The molecule has 1 aliphatic carbocycles. The van der Waals surface area contributed by atoms with E-state index in [0.29, 0.717) is 19.4 Å². The van der Waals surface area contributed by atoms with E-state index >= 15 is 0 Å². The first-order valence-electron chi connectivity index (χ1n) is 12.8. The van der Waals surface area contributed by atoms with Crippen molar-refractivity contribution in [2.75, 3.05) is 20.2 Å². The zero-order valence-electron chi connectivity index (χ0n) is 21.6. The third-order valence-electron chi connectivity index (χ3n) is 7.50. The predicted octanol–water partition coefficient (Wildman–Crippen LogP) is 1.62. The maximum atomic E-state index is 13.8. The molecule has 0 bridgehead atoms. The summed E-state index contributed by atoms with van der Waals surface area (Å²) < 4.78 is 47.8. The van der Waals surface area contributed by atoms with Crippen molar-refractivity contribution in [2.45, 2.75) is 79.7 Å². The lowest BCUT2D eigenvalue weighted by Crippen LogP contribution is -2.57. The van der Waals surface area contributed by atoms with E-state index in [1.54, 1.807) is 14.0 Å². The highest BCUT2D eigenvalue weighted by Gasteiger charge is 2.51. The molecule has 0 radical (unpaired) electrons. The van der Waals surface area contributed by atoms with Crippen molar-refractivity contribution >= 4 is 17.7 Å². The molecule has 10 nitrogen and oxygen atoms in total. The summed E-state index contributed by atoms with van der Waals surface area (Å²) in [6, 6.07) is 0.235. The first-order valence-corrected chi connectivity index (χ1v) is 13.8. The maximum absolute atomic E-state index is 13.8. The third-order valence-corrected chi connectivity index (χ3v) is 9.07. The van der Waals surface area contributed by atoms with Crippen LogP contribution in [0, 0.1) is 17.5 Å². The fourth-order valence-electron chi connectivity index (χ4n) is 5.08. The Balaban J connectivity index is 1.65. The predicted molar refractivity (Wildman–Crippen MR) is 135 cm³/mol. The SMILES string of the molecule is CCN(C)C(=O)C(S[C@@H]1O[C@H](CO)[C@H](O)[C@H](n2cc(-c3cc(F)c(F)c(F)c3)nn2)[C@H]1O)C1(O)CCCCC1. The summed E-state index contributed by atoms with van der Waals surface area (Å²) >= 11 is 0.921. The van der Waals surface area contributed by atoms with Gasteiger partial charge in [0.1, 0.15) is 40.7 Å². The molecule has 2 heterocycles. The summed E-state index contributed by atoms with van der Waals surface area (Å²) in [4.78, 5) is 14.8. The van der Waals surface area contributed by atoms with Gasteiger partial charge in [-0.3, -0.25) is 4.79 Å². The van der Waals surface area contributed by atoms with Crippen molar-refractivity contribution in [1.29, 1.82) is 0 Å². The number of thioether (sulfide) groups is 1. The van der Waals surface area contributed by atoms with Crippen LogP contribution in [0.4, 0.5) is 13.2 Å². The Morgan fingerprint density at radius 1 is 1.21 bits per heavy atom. The lowest BCUT2D eigenvalue weighted by atomic mass is 9.82. The number of aliphatic hydroxyl groups excluding tert-OH is 3. The summed E-state index contributed by atoms with van der Waals surface area (Å²) in [7, 11) is 1.61. The van der Waals surface area contributed by atoms with Crippen LogP contribution in [-0.2, 0) is 9.53 Å². The Hall–Kier alpha value is -2.23. The fourth-order valence-corrected chi connectivity index (χ4v) is 6.66. The monoisotopic (exact) mass is 574 g/mol. The van der Waals surface area contributed by atoms with Crippen molar-refractivity contribution in [1.82, 2.24) is 19.9 Å². The van der Waals surface area contributed by atoms with Crippen LogP contribution >= 0.6 is 11.8 Å². The lowest BCUT2D eigenvalue weighted by molar-refractivity contribution is -0.179. The number of ether oxygens (including phenoxy) is 1. The van der Waals surface area contributed by atoms with Crippen LogP contribution in [0.15, 0.2) is 18.3 Å². The van der Waals surface area contributed by atoms with Crippen LogP contribution in [0.25, 0.3) is 11.3 Å². The Morgan fingerprint density at radius 2 is 1.85 bits per heavy atom. The minimum absolute atomic E-state index is 0.0578. The minimum Gasteiger partial charge on any atom is -0.394 e. The molecular weight excluding hydrogens is 541 g/mol. The Bertz CT molecular complexity index is 1140. The first-order chi connectivity index (χ1) is 18.5. The second kappa shape index (κ2) is 12.1. The molecule has 1 amide bonds. The number of aromatic nitrogens is 3. The molecule has 6 atom stereocenters. The average Bonchev–Trinajstić information content (AvgIpc) is 3.40. The van der Waals surface area contributed by atoms with Crippen molar-refractivity contribution in [2.24, 2.45) is 0 Å². The van der Waals surface area contributed by atoms with Gasteiger partial charge in [-0.15, -0.1) is 16.9 Å². The van der Waals surface area contributed by atoms with Crippen LogP contribution in [0.2, 0.25) is 0 Å². The molecule has 1 saturated carbocycles. The molecule has 0 spiro atoms. The average molecular weight is 575 g/mol. The Labute approximate surface area is 227 Å². The fraction of sp³-hybridized carbons (Fsp3) is 0.640. The van der Waals surface area contributed by atoms with Gasteiger partial charge in [-0.1, -0.05) is 24.5 Å². The van der Waals surface area contributed by atoms with Gasteiger partial charge in [-0.05, 0) is 31.9 Å². The van der Waals surface area contributed by atoms with E-state index in [9.17, 15) is 38.4 Å². The summed E-state index contributed by atoms with van der Waals surface area (Å²) in [5.41, 5.74) is -2.69. The molecule has 2 aliphatic rings.